The number of carbonyl (C=O) groups excluding carboxylic acids is 1. The Kier molecular flexibility index (Phi) is 5.81. The van der Waals surface area contributed by atoms with Gasteiger partial charge in [-0.3, -0.25) is 4.79 Å². The van der Waals surface area contributed by atoms with E-state index in [0.717, 1.165) is 17.7 Å². The van der Waals surface area contributed by atoms with E-state index in [-0.39, 0.29) is 11.2 Å². The third-order valence-corrected chi connectivity index (χ3v) is 5.63. The van der Waals surface area contributed by atoms with Crippen molar-refractivity contribution in [1.82, 2.24) is 0 Å². The normalized spacial score (nSPS) is 17.4. The molecule has 2 aromatic rings. The number of hydrogen-bond acceptors (Lipinski definition) is 3. The molecule has 0 saturated heterocycles. The largest absolute Gasteiger partial charge is 0.416 e. The Morgan fingerprint density at radius 3 is 2.74 bits per heavy atom. The van der Waals surface area contributed by atoms with Gasteiger partial charge in [-0.05, 0) is 42.3 Å². The van der Waals surface area contributed by atoms with Gasteiger partial charge in [-0.2, -0.15) is 13.2 Å². The molecule has 27 heavy (non-hydrogen) atoms. The van der Waals surface area contributed by atoms with E-state index >= 15 is 0 Å². The van der Waals surface area contributed by atoms with Crippen LogP contribution in [0.1, 0.15) is 34.8 Å². The number of amides is 1. The van der Waals surface area contributed by atoms with Crippen LogP contribution in [-0.2, 0) is 17.5 Å². The second-order valence-corrected chi connectivity index (χ2v) is 7.97. The van der Waals surface area contributed by atoms with Gasteiger partial charge < -0.3 is 9.64 Å². The third-order valence-electron chi connectivity index (χ3n) is 4.39. The number of anilines is 1. The Morgan fingerprint density at radius 1 is 1.26 bits per heavy atom. The van der Waals surface area contributed by atoms with E-state index in [9.17, 15) is 18.0 Å². The van der Waals surface area contributed by atoms with E-state index in [2.05, 4.69) is 0 Å². The summed E-state index contributed by atoms with van der Waals surface area (Å²) in [5, 5.41) is 0.207. The first-order chi connectivity index (χ1) is 12.8. The highest BCUT2D eigenvalue weighted by Gasteiger charge is 2.33. The number of rotatable bonds is 3. The molecule has 3 rings (SSSR count). The predicted molar refractivity (Wildman–Crippen MR) is 100 cm³/mol. The maximum atomic E-state index is 13.2. The zero-order chi connectivity index (χ0) is 19.6. The zero-order valence-corrected chi connectivity index (χ0v) is 15.9. The summed E-state index contributed by atoms with van der Waals surface area (Å²) < 4.78 is 44.7. The van der Waals surface area contributed by atoms with Crippen LogP contribution >= 0.6 is 11.8 Å². The molecule has 0 fully saturated rings. The maximum absolute atomic E-state index is 13.2. The van der Waals surface area contributed by atoms with Gasteiger partial charge in [0.15, 0.2) is 0 Å². The molecule has 1 aliphatic rings. The summed E-state index contributed by atoms with van der Waals surface area (Å²) in [6.45, 7) is 2.75. The topological polar surface area (TPSA) is 29.5 Å². The molecule has 7 heteroatoms. The second kappa shape index (κ2) is 7.94. The summed E-state index contributed by atoms with van der Waals surface area (Å²) in [7, 11) is 1.57. The molecular formula is C20H20F3NO2S. The first-order valence-corrected chi connectivity index (χ1v) is 9.45. The smallest absolute Gasteiger partial charge is 0.380 e. The lowest BCUT2D eigenvalue weighted by molar-refractivity contribution is -0.137. The summed E-state index contributed by atoms with van der Waals surface area (Å²) >= 11 is 1.50. The van der Waals surface area contributed by atoms with Crippen LogP contribution in [0.5, 0.6) is 0 Å². The molecule has 3 nitrogen and oxygen atoms in total. The van der Waals surface area contributed by atoms with Crippen LogP contribution in [-0.4, -0.2) is 24.8 Å². The fraction of sp³-hybridized carbons (Fsp3) is 0.350. The summed E-state index contributed by atoms with van der Waals surface area (Å²) in [6.07, 6.45) is -3.76. The molecule has 2 aromatic carbocycles. The average molecular weight is 395 g/mol. The van der Waals surface area contributed by atoms with E-state index in [0.29, 0.717) is 35.7 Å². The molecule has 1 atom stereocenters. The predicted octanol–water partition coefficient (Wildman–Crippen LogP) is 5.38. The maximum Gasteiger partial charge on any atom is 0.416 e. The highest BCUT2D eigenvalue weighted by atomic mass is 32.2. The third kappa shape index (κ3) is 4.47. The van der Waals surface area contributed by atoms with E-state index in [1.165, 1.54) is 22.7 Å². The van der Waals surface area contributed by atoms with Crippen molar-refractivity contribution in [3.8, 4) is 0 Å². The van der Waals surface area contributed by atoms with Crippen LogP contribution in [0.4, 0.5) is 18.9 Å². The van der Waals surface area contributed by atoms with Crippen molar-refractivity contribution in [2.75, 3.05) is 18.6 Å². The van der Waals surface area contributed by atoms with Crippen LogP contribution in [0.3, 0.4) is 0 Å². The van der Waals surface area contributed by atoms with Crippen molar-refractivity contribution in [2.45, 2.75) is 36.3 Å². The van der Waals surface area contributed by atoms with Gasteiger partial charge >= 0.3 is 6.18 Å². The van der Waals surface area contributed by atoms with Gasteiger partial charge in [0.05, 0.1) is 17.9 Å². The standard InChI is InChI=1S/C20H20F3NO2S/c1-13-8-9-24(19(25)15-5-3-4-14(10-15)12-26-2)17-11-16(20(21,22)23)6-7-18(17)27-13/h3-7,10-11,13H,8-9,12H2,1-2H3. The van der Waals surface area contributed by atoms with Crippen LogP contribution in [0.2, 0.25) is 0 Å². The molecular weight excluding hydrogens is 375 g/mol. The Hall–Kier alpha value is -1.99. The molecule has 1 unspecified atom stereocenters. The first kappa shape index (κ1) is 19.8. The molecule has 0 bridgehead atoms. The van der Waals surface area contributed by atoms with E-state index in [4.69, 9.17) is 4.74 Å². The number of methoxy groups -OCH3 is 1. The zero-order valence-electron chi connectivity index (χ0n) is 15.0. The van der Waals surface area contributed by atoms with Crippen LogP contribution < -0.4 is 4.90 Å². The molecule has 0 aliphatic carbocycles. The van der Waals surface area contributed by atoms with E-state index in [1.54, 1.807) is 25.3 Å². The highest BCUT2D eigenvalue weighted by molar-refractivity contribution is 8.00. The highest BCUT2D eigenvalue weighted by Crippen LogP contribution is 2.41. The van der Waals surface area contributed by atoms with Gasteiger partial charge in [0.25, 0.3) is 5.91 Å². The van der Waals surface area contributed by atoms with E-state index in [1.807, 2.05) is 13.0 Å². The lowest BCUT2D eigenvalue weighted by atomic mass is 10.1. The molecule has 1 heterocycles. The van der Waals surface area contributed by atoms with Gasteiger partial charge in [-0.25, -0.2) is 0 Å². The lowest BCUT2D eigenvalue weighted by Crippen LogP contribution is -2.32. The van der Waals surface area contributed by atoms with Crippen molar-refractivity contribution in [1.29, 1.82) is 0 Å². The number of nitrogens with zero attached hydrogens (tertiary/aromatic N) is 1. The van der Waals surface area contributed by atoms with Crippen molar-refractivity contribution in [3.05, 3.63) is 59.2 Å². The van der Waals surface area contributed by atoms with Crippen molar-refractivity contribution in [2.24, 2.45) is 0 Å². The molecule has 0 radical (unpaired) electrons. The van der Waals surface area contributed by atoms with Crippen molar-refractivity contribution < 1.29 is 22.7 Å². The Morgan fingerprint density at radius 2 is 2.04 bits per heavy atom. The summed E-state index contributed by atoms with van der Waals surface area (Å²) in [5.41, 5.74) is 0.848. The Bertz CT molecular complexity index is 838. The number of ether oxygens (including phenoxy) is 1. The Labute approximate surface area is 160 Å². The summed E-state index contributed by atoms with van der Waals surface area (Å²) in [6, 6.07) is 10.6. The minimum Gasteiger partial charge on any atom is -0.380 e. The number of alkyl halides is 3. The molecule has 144 valence electrons. The SMILES string of the molecule is COCc1cccc(C(=O)N2CCC(C)Sc3ccc(C(F)(F)F)cc32)c1. The van der Waals surface area contributed by atoms with Crippen LogP contribution in [0.15, 0.2) is 47.4 Å². The van der Waals surface area contributed by atoms with Gasteiger partial charge in [-0.1, -0.05) is 19.1 Å². The number of benzene rings is 2. The quantitative estimate of drug-likeness (QED) is 0.699. The minimum absolute atomic E-state index is 0.207. The number of fused-ring (bicyclic) bond motifs is 1. The lowest BCUT2D eigenvalue weighted by Gasteiger charge is -2.24. The number of thioether (sulfide) groups is 1. The number of carbonyl (C=O) groups is 1. The van der Waals surface area contributed by atoms with Crippen molar-refractivity contribution >= 4 is 23.4 Å². The van der Waals surface area contributed by atoms with Gasteiger partial charge in [-0.15, -0.1) is 11.8 Å². The van der Waals surface area contributed by atoms with E-state index < -0.39 is 11.7 Å². The minimum atomic E-state index is -4.45. The van der Waals surface area contributed by atoms with Crippen LogP contribution in [0, 0.1) is 0 Å². The Balaban J connectivity index is 2.02. The summed E-state index contributed by atoms with van der Waals surface area (Å²) in [5.74, 6) is -0.303. The molecule has 0 N–H and O–H groups in total. The fourth-order valence-corrected chi connectivity index (χ4v) is 4.13. The molecule has 0 spiro atoms. The second-order valence-electron chi connectivity index (χ2n) is 6.49. The van der Waals surface area contributed by atoms with Crippen LogP contribution in [0.25, 0.3) is 0 Å². The molecule has 0 aromatic heterocycles. The van der Waals surface area contributed by atoms with Gasteiger partial charge in [0.1, 0.15) is 0 Å². The summed E-state index contributed by atoms with van der Waals surface area (Å²) in [4.78, 5) is 15.3. The fourth-order valence-electron chi connectivity index (χ4n) is 3.04. The number of halogens is 3. The molecule has 1 amide bonds. The number of hydrogen-bond donors (Lipinski definition) is 0. The van der Waals surface area contributed by atoms with Crippen molar-refractivity contribution in [3.63, 3.8) is 0 Å². The average Bonchev–Trinajstić information content (AvgIpc) is 2.78. The molecule has 1 aliphatic heterocycles. The molecule has 0 saturated carbocycles. The van der Waals surface area contributed by atoms with Gasteiger partial charge in [0.2, 0.25) is 0 Å². The van der Waals surface area contributed by atoms with Gasteiger partial charge in [0, 0.05) is 29.4 Å². The monoisotopic (exact) mass is 395 g/mol. The first-order valence-electron chi connectivity index (χ1n) is 8.57.